The average Bonchev–Trinajstić information content (AvgIpc) is 2.45. The topological polar surface area (TPSA) is 49.4 Å². The van der Waals surface area contributed by atoms with Crippen LogP contribution in [0.25, 0.3) is 0 Å². The Kier molecular flexibility index (Phi) is 8.17. The molecule has 0 bridgehead atoms. The molecule has 0 aliphatic rings. The van der Waals surface area contributed by atoms with Gasteiger partial charge in [-0.1, -0.05) is 25.8 Å². The van der Waals surface area contributed by atoms with Crippen molar-refractivity contribution >= 4 is 33.4 Å². The number of amides is 2. The predicted octanol–water partition coefficient (Wildman–Crippen LogP) is 4.12. The molecule has 0 aliphatic carbocycles. The van der Waals surface area contributed by atoms with Crippen LogP contribution in [0.1, 0.15) is 45.1 Å². The molecule has 0 aliphatic heterocycles. The van der Waals surface area contributed by atoms with Crippen LogP contribution in [0.15, 0.2) is 22.7 Å². The number of unbranched alkanes of at least 4 members (excludes halogenated alkanes) is 2. The van der Waals surface area contributed by atoms with Crippen LogP contribution in [0.3, 0.4) is 0 Å². The first-order valence-corrected chi connectivity index (χ1v) is 8.54. The van der Waals surface area contributed by atoms with Gasteiger partial charge in [-0.15, -0.1) is 0 Å². The molecule has 0 heterocycles. The Bertz CT molecular complexity index is 517. The van der Waals surface area contributed by atoms with E-state index in [1.54, 1.807) is 11.8 Å². The van der Waals surface area contributed by atoms with E-state index in [1.165, 1.54) is 0 Å². The van der Waals surface area contributed by atoms with Gasteiger partial charge in [0.15, 0.2) is 0 Å². The van der Waals surface area contributed by atoms with Crippen molar-refractivity contribution in [3.05, 3.63) is 28.2 Å². The van der Waals surface area contributed by atoms with E-state index in [9.17, 15) is 9.59 Å². The largest absolute Gasteiger partial charge is 0.342 e. The summed E-state index contributed by atoms with van der Waals surface area (Å²) in [5.74, 6) is -0.0493. The van der Waals surface area contributed by atoms with E-state index < -0.39 is 0 Å². The lowest BCUT2D eigenvalue weighted by atomic mass is 10.2. The average molecular weight is 369 g/mol. The van der Waals surface area contributed by atoms with Crippen LogP contribution in [-0.4, -0.2) is 29.8 Å². The van der Waals surface area contributed by atoms with Crippen molar-refractivity contribution in [3.63, 3.8) is 0 Å². The summed E-state index contributed by atoms with van der Waals surface area (Å²) in [4.78, 5) is 25.4. The summed E-state index contributed by atoms with van der Waals surface area (Å²) in [6.07, 6.45) is 3.52. The Morgan fingerprint density at radius 2 is 1.95 bits per heavy atom. The highest BCUT2D eigenvalue weighted by atomic mass is 79.9. The van der Waals surface area contributed by atoms with Crippen molar-refractivity contribution in [3.8, 4) is 0 Å². The van der Waals surface area contributed by atoms with E-state index in [1.807, 2.05) is 25.1 Å². The summed E-state index contributed by atoms with van der Waals surface area (Å²) in [6, 6.07) is 5.79. The minimum atomic E-state index is -0.0775. The molecule has 0 atom stereocenters. The van der Waals surface area contributed by atoms with Crippen molar-refractivity contribution in [2.75, 3.05) is 18.4 Å². The molecule has 0 fully saturated rings. The van der Waals surface area contributed by atoms with Gasteiger partial charge in [0.05, 0.1) is 5.69 Å². The third-order valence-corrected chi connectivity index (χ3v) is 4.14. The molecule has 0 radical (unpaired) electrons. The van der Waals surface area contributed by atoms with Crippen molar-refractivity contribution in [2.24, 2.45) is 0 Å². The predicted molar refractivity (Wildman–Crippen MR) is 93.9 cm³/mol. The van der Waals surface area contributed by atoms with Crippen LogP contribution in [0.4, 0.5) is 5.69 Å². The molecular weight excluding hydrogens is 344 g/mol. The second-order valence-corrected chi connectivity index (χ2v) is 6.35. The number of nitrogens with zero attached hydrogens (tertiary/aromatic N) is 1. The van der Waals surface area contributed by atoms with Crippen molar-refractivity contribution in [1.82, 2.24) is 4.90 Å². The first-order valence-electron chi connectivity index (χ1n) is 7.75. The summed E-state index contributed by atoms with van der Waals surface area (Å²) in [6.45, 7) is 6.88. The zero-order valence-electron chi connectivity index (χ0n) is 13.6. The molecular formula is C17H25BrN2O2. The van der Waals surface area contributed by atoms with Crippen LogP contribution in [-0.2, 0) is 9.59 Å². The molecule has 5 heteroatoms. The fraction of sp³-hybridized carbons (Fsp3) is 0.529. The maximum atomic E-state index is 12.0. The highest BCUT2D eigenvalue weighted by molar-refractivity contribution is 9.10. The molecule has 4 nitrogen and oxygen atoms in total. The van der Waals surface area contributed by atoms with E-state index in [0.29, 0.717) is 13.0 Å². The molecule has 0 unspecified atom stereocenters. The van der Waals surface area contributed by atoms with Crippen LogP contribution in [0, 0.1) is 6.92 Å². The molecule has 22 heavy (non-hydrogen) atoms. The minimum Gasteiger partial charge on any atom is -0.342 e. The van der Waals surface area contributed by atoms with E-state index in [0.717, 1.165) is 41.5 Å². The number of benzene rings is 1. The molecule has 0 saturated carbocycles. The summed E-state index contributed by atoms with van der Waals surface area (Å²) in [5.41, 5.74) is 1.89. The van der Waals surface area contributed by atoms with Gasteiger partial charge in [-0.25, -0.2) is 0 Å². The lowest BCUT2D eigenvalue weighted by Crippen LogP contribution is -2.32. The van der Waals surface area contributed by atoms with E-state index in [-0.39, 0.29) is 11.8 Å². The zero-order chi connectivity index (χ0) is 16.5. The number of anilines is 1. The molecule has 1 N–H and O–H groups in total. The van der Waals surface area contributed by atoms with Crippen molar-refractivity contribution in [2.45, 2.75) is 46.5 Å². The Morgan fingerprint density at radius 1 is 1.23 bits per heavy atom. The number of carbonyl (C=O) groups excluding carboxylic acids is 2. The van der Waals surface area contributed by atoms with Crippen LogP contribution >= 0.6 is 15.9 Å². The van der Waals surface area contributed by atoms with Crippen molar-refractivity contribution in [1.29, 1.82) is 0 Å². The summed E-state index contributed by atoms with van der Waals surface area (Å²) >= 11 is 3.44. The first kappa shape index (κ1) is 18.7. The van der Waals surface area contributed by atoms with E-state index in [2.05, 4.69) is 28.2 Å². The fourth-order valence-electron chi connectivity index (χ4n) is 2.15. The number of aryl methyl sites for hydroxylation is 1. The molecule has 0 spiro atoms. The lowest BCUT2D eigenvalue weighted by molar-refractivity contribution is -0.129. The fourth-order valence-corrected chi connectivity index (χ4v) is 2.74. The van der Waals surface area contributed by atoms with Crippen molar-refractivity contribution < 1.29 is 9.59 Å². The summed E-state index contributed by atoms with van der Waals surface area (Å²) < 4.78 is 0.868. The number of halogens is 1. The lowest BCUT2D eigenvalue weighted by Gasteiger charge is -2.20. The van der Waals surface area contributed by atoms with E-state index in [4.69, 9.17) is 0 Å². The number of nitrogens with one attached hydrogen (secondary N) is 1. The van der Waals surface area contributed by atoms with Gasteiger partial charge < -0.3 is 10.2 Å². The second kappa shape index (κ2) is 9.62. The van der Waals surface area contributed by atoms with Gasteiger partial charge in [-0.3, -0.25) is 9.59 Å². The first-order chi connectivity index (χ1) is 10.4. The highest BCUT2D eigenvalue weighted by Crippen LogP contribution is 2.23. The number of carbonyl (C=O) groups is 2. The van der Waals surface area contributed by atoms with Gasteiger partial charge in [0.1, 0.15) is 0 Å². The van der Waals surface area contributed by atoms with E-state index >= 15 is 0 Å². The smallest absolute Gasteiger partial charge is 0.226 e. The molecule has 0 aromatic heterocycles. The zero-order valence-corrected chi connectivity index (χ0v) is 15.2. The molecule has 2 amide bonds. The van der Waals surface area contributed by atoms with Gasteiger partial charge in [0.2, 0.25) is 11.8 Å². The minimum absolute atomic E-state index is 0.0282. The Hall–Kier alpha value is -1.36. The Morgan fingerprint density at radius 3 is 2.55 bits per heavy atom. The molecule has 1 aromatic carbocycles. The number of rotatable bonds is 8. The van der Waals surface area contributed by atoms with Crippen LogP contribution in [0.2, 0.25) is 0 Å². The highest BCUT2D eigenvalue weighted by Gasteiger charge is 2.11. The Balaban J connectivity index is 2.47. The molecule has 1 aromatic rings. The normalized spacial score (nSPS) is 10.4. The molecule has 1 rings (SSSR count). The molecule has 122 valence electrons. The third-order valence-electron chi connectivity index (χ3n) is 3.48. The molecule has 0 saturated heterocycles. The van der Waals surface area contributed by atoms with Gasteiger partial charge in [-0.05, 0) is 47.0 Å². The quantitative estimate of drug-likeness (QED) is 0.701. The maximum Gasteiger partial charge on any atom is 0.226 e. The number of hydrogen-bond acceptors (Lipinski definition) is 2. The summed E-state index contributed by atoms with van der Waals surface area (Å²) in [7, 11) is 0. The third kappa shape index (κ3) is 6.60. The number of hydrogen-bond donors (Lipinski definition) is 1. The second-order valence-electron chi connectivity index (χ2n) is 5.49. The maximum absolute atomic E-state index is 12.0. The standard InChI is InChI=1S/C17H25BrN2O2/c1-4-5-6-10-20(14(3)21)11-9-17(22)19-16-8-7-13(2)12-15(16)18/h7-8,12H,4-6,9-11H2,1-3H3,(H,19,22). The van der Waals surface area contributed by atoms with Gasteiger partial charge in [-0.2, -0.15) is 0 Å². The monoisotopic (exact) mass is 368 g/mol. The van der Waals surface area contributed by atoms with Gasteiger partial charge >= 0.3 is 0 Å². The van der Waals surface area contributed by atoms with Gasteiger partial charge in [0.25, 0.3) is 0 Å². The Labute approximate surface area is 141 Å². The van der Waals surface area contributed by atoms with Gasteiger partial charge in [0, 0.05) is 30.9 Å². The SMILES string of the molecule is CCCCCN(CCC(=O)Nc1ccc(C)cc1Br)C(C)=O. The van der Waals surface area contributed by atoms with Crippen LogP contribution in [0.5, 0.6) is 0 Å². The van der Waals surface area contributed by atoms with Crippen LogP contribution < -0.4 is 5.32 Å². The summed E-state index contributed by atoms with van der Waals surface area (Å²) in [5, 5.41) is 2.88.